The van der Waals surface area contributed by atoms with Crippen molar-refractivity contribution >= 4 is 15.9 Å². The fraction of sp³-hybridized carbons (Fsp3) is 0.227. The van der Waals surface area contributed by atoms with Crippen molar-refractivity contribution in [2.24, 2.45) is 0 Å². The molecule has 4 rings (SSSR count). The van der Waals surface area contributed by atoms with Gasteiger partial charge in [-0.1, -0.05) is 0 Å². The molecule has 0 aliphatic heterocycles. The average molecular weight is 378 g/mol. The van der Waals surface area contributed by atoms with Gasteiger partial charge in [-0.15, -0.1) is 0 Å². The van der Waals surface area contributed by atoms with Gasteiger partial charge in [0.1, 0.15) is 0 Å². The van der Waals surface area contributed by atoms with E-state index in [1.807, 2.05) is 0 Å². The minimum absolute atomic E-state index is 0.679. The second-order valence-electron chi connectivity index (χ2n) is 6.62. The van der Waals surface area contributed by atoms with Gasteiger partial charge >= 0.3 is 147 Å². The Balaban J connectivity index is 1.81. The van der Waals surface area contributed by atoms with Crippen molar-refractivity contribution in [2.75, 3.05) is 0 Å². The summed E-state index contributed by atoms with van der Waals surface area (Å²) in [5, 5.41) is 0. The zero-order valence-corrected chi connectivity index (χ0v) is 16.5. The summed E-state index contributed by atoms with van der Waals surface area (Å²) in [6.07, 6.45) is 9.70. The molecule has 2 aromatic carbocycles. The van der Waals surface area contributed by atoms with Crippen LogP contribution in [0, 0.1) is 13.8 Å². The van der Waals surface area contributed by atoms with Gasteiger partial charge in [0.15, 0.2) is 0 Å². The fourth-order valence-electron chi connectivity index (χ4n) is 4.25. The van der Waals surface area contributed by atoms with Crippen molar-refractivity contribution in [1.82, 2.24) is 0 Å². The molecule has 2 atom stereocenters. The van der Waals surface area contributed by atoms with E-state index in [1.165, 1.54) is 22.3 Å². The van der Waals surface area contributed by atoms with Gasteiger partial charge < -0.3 is 0 Å². The molecular weight excluding hydrogens is 355 g/mol. The van der Waals surface area contributed by atoms with E-state index >= 15 is 0 Å². The molecule has 0 fully saturated rings. The molecule has 0 spiro atoms. The SMILES string of the molecule is C[CH]=[Zr]([CH]1C=Cc2cccc(C)c21)[CH]1C=Cc2cccc(C)c21. The maximum atomic E-state index is 2.61. The Labute approximate surface area is 146 Å². The van der Waals surface area contributed by atoms with Crippen molar-refractivity contribution in [3.63, 3.8) is 0 Å². The number of hydrogen-bond acceptors (Lipinski definition) is 0. The minimum atomic E-state index is -1.83. The molecule has 0 saturated heterocycles. The van der Waals surface area contributed by atoms with Crippen LogP contribution < -0.4 is 0 Å². The normalized spacial score (nSPS) is 20.5. The van der Waals surface area contributed by atoms with Crippen LogP contribution in [0.5, 0.6) is 0 Å². The summed E-state index contributed by atoms with van der Waals surface area (Å²) in [5.41, 5.74) is 9.03. The van der Waals surface area contributed by atoms with E-state index in [4.69, 9.17) is 0 Å². The molecule has 0 radical (unpaired) electrons. The van der Waals surface area contributed by atoms with Crippen molar-refractivity contribution in [3.8, 4) is 0 Å². The molecule has 2 aliphatic carbocycles. The van der Waals surface area contributed by atoms with Gasteiger partial charge in [-0.2, -0.15) is 0 Å². The number of allylic oxidation sites excluding steroid dienone is 2. The Bertz CT molecular complexity index is 798. The monoisotopic (exact) mass is 376 g/mol. The topological polar surface area (TPSA) is 0 Å². The van der Waals surface area contributed by atoms with Crippen LogP contribution in [0.4, 0.5) is 0 Å². The first-order chi connectivity index (χ1) is 11.2. The molecule has 0 heterocycles. The van der Waals surface area contributed by atoms with Gasteiger partial charge in [0.05, 0.1) is 0 Å². The predicted octanol–water partition coefficient (Wildman–Crippen LogP) is 5.58. The zero-order chi connectivity index (χ0) is 16.0. The molecule has 0 aromatic heterocycles. The summed E-state index contributed by atoms with van der Waals surface area (Å²) >= 11 is -1.83. The van der Waals surface area contributed by atoms with Gasteiger partial charge in [0.25, 0.3) is 0 Å². The fourth-order valence-corrected chi connectivity index (χ4v) is 12.1. The van der Waals surface area contributed by atoms with Gasteiger partial charge in [-0.25, -0.2) is 0 Å². The van der Waals surface area contributed by atoms with Crippen molar-refractivity contribution in [2.45, 2.75) is 28.0 Å². The number of aryl methyl sites for hydroxylation is 2. The molecule has 23 heavy (non-hydrogen) atoms. The zero-order valence-electron chi connectivity index (χ0n) is 14.0. The molecule has 1 heteroatoms. The molecule has 114 valence electrons. The third-order valence-electron chi connectivity index (χ3n) is 5.33. The summed E-state index contributed by atoms with van der Waals surface area (Å²) in [4.78, 5) is 0. The molecule has 0 N–H and O–H groups in total. The Morgan fingerprint density at radius 2 is 1.26 bits per heavy atom. The Morgan fingerprint density at radius 3 is 1.70 bits per heavy atom. The second-order valence-corrected chi connectivity index (χ2v) is 13.6. The van der Waals surface area contributed by atoms with Gasteiger partial charge in [-0.3, -0.25) is 0 Å². The standard InChI is InChI=1S/2C10H9.C2H4.Zr/c2*1-8-4-2-5-9-6-3-7-10(8)9;1-2;/h2*2-7H,1H3;1H,2H3;. The Morgan fingerprint density at radius 1 is 0.783 bits per heavy atom. The molecule has 0 amide bonds. The van der Waals surface area contributed by atoms with E-state index in [1.54, 1.807) is 11.1 Å². The van der Waals surface area contributed by atoms with E-state index in [9.17, 15) is 0 Å². The molecular formula is C22H22Zr. The van der Waals surface area contributed by atoms with Gasteiger partial charge in [0.2, 0.25) is 0 Å². The van der Waals surface area contributed by atoms with E-state index in [0.29, 0.717) is 7.25 Å². The first kappa shape index (κ1) is 15.2. The number of rotatable bonds is 2. The van der Waals surface area contributed by atoms with Gasteiger partial charge in [0, 0.05) is 0 Å². The first-order valence-corrected chi connectivity index (χ1v) is 12.7. The van der Waals surface area contributed by atoms with Crippen LogP contribution in [0.2, 0.25) is 0 Å². The number of fused-ring (bicyclic) bond motifs is 2. The summed E-state index contributed by atoms with van der Waals surface area (Å²) < 4.78 is 3.97. The molecule has 2 unspecified atom stereocenters. The van der Waals surface area contributed by atoms with Crippen LogP contribution in [0.15, 0.2) is 48.6 Å². The van der Waals surface area contributed by atoms with Gasteiger partial charge in [-0.05, 0) is 0 Å². The summed E-state index contributed by atoms with van der Waals surface area (Å²) in [6.45, 7) is 6.86. The quantitative estimate of drug-likeness (QED) is 0.641. The van der Waals surface area contributed by atoms with Crippen LogP contribution in [0.3, 0.4) is 0 Å². The first-order valence-electron chi connectivity index (χ1n) is 8.42. The number of hydrogen-bond donors (Lipinski definition) is 0. The summed E-state index contributed by atoms with van der Waals surface area (Å²) in [6, 6.07) is 13.5. The van der Waals surface area contributed by atoms with E-state index in [0.717, 1.165) is 0 Å². The van der Waals surface area contributed by atoms with E-state index < -0.39 is 21.3 Å². The predicted molar refractivity (Wildman–Crippen MR) is 97.6 cm³/mol. The molecule has 0 saturated carbocycles. The second kappa shape index (κ2) is 5.95. The Hall–Kier alpha value is -1.33. The number of benzene rings is 2. The van der Waals surface area contributed by atoms with Crippen LogP contribution in [0.25, 0.3) is 12.2 Å². The summed E-state index contributed by atoms with van der Waals surface area (Å²) in [5.74, 6) is 0. The summed E-state index contributed by atoms with van der Waals surface area (Å²) in [7, 11) is 0. The Kier molecular flexibility index (Phi) is 3.94. The van der Waals surface area contributed by atoms with Crippen LogP contribution >= 0.6 is 0 Å². The van der Waals surface area contributed by atoms with Crippen molar-refractivity contribution in [1.29, 1.82) is 0 Å². The molecule has 2 aromatic rings. The van der Waals surface area contributed by atoms with Crippen molar-refractivity contribution < 1.29 is 21.3 Å². The molecule has 2 aliphatic rings. The molecule has 0 bridgehead atoms. The van der Waals surface area contributed by atoms with Crippen LogP contribution in [0.1, 0.15) is 47.6 Å². The van der Waals surface area contributed by atoms with E-state index in [2.05, 4.69) is 85.2 Å². The average Bonchev–Trinajstić information content (AvgIpc) is 3.15. The van der Waals surface area contributed by atoms with E-state index in [-0.39, 0.29) is 0 Å². The maximum absolute atomic E-state index is 2.61. The van der Waals surface area contributed by atoms with Crippen molar-refractivity contribution in [3.05, 3.63) is 81.9 Å². The molecule has 0 nitrogen and oxygen atoms in total. The third kappa shape index (κ3) is 2.41. The van der Waals surface area contributed by atoms with Crippen LogP contribution in [-0.2, 0) is 21.3 Å². The van der Waals surface area contributed by atoms with Crippen LogP contribution in [-0.4, -0.2) is 3.71 Å². The third-order valence-corrected chi connectivity index (χ3v) is 12.9.